The van der Waals surface area contributed by atoms with Crippen LogP contribution >= 0.6 is 27.5 Å². The van der Waals surface area contributed by atoms with Gasteiger partial charge in [-0.2, -0.15) is 0 Å². The van der Waals surface area contributed by atoms with Gasteiger partial charge in [0.2, 0.25) is 5.91 Å². The van der Waals surface area contributed by atoms with Gasteiger partial charge in [0.05, 0.1) is 17.3 Å². The van der Waals surface area contributed by atoms with Crippen molar-refractivity contribution in [3.8, 4) is 5.75 Å². The highest BCUT2D eigenvalue weighted by atomic mass is 79.9. The lowest BCUT2D eigenvalue weighted by molar-refractivity contribution is -0.119. The van der Waals surface area contributed by atoms with E-state index in [0.29, 0.717) is 20.9 Å². The Bertz CT molecular complexity index is 495. The van der Waals surface area contributed by atoms with E-state index < -0.39 is 0 Å². The van der Waals surface area contributed by atoms with Gasteiger partial charge in [-0.05, 0) is 47.8 Å². The van der Waals surface area contributed by atoms with E-state index in [2.05, 4.69) is 21.2 Å². The third-order valence-electron chi connectivity index (χ3n) is 3.21. The highest BCUT2D eigenvalue weighted by molar-refractivity contribution is 9.10. The van der Waals surface area contributed by atoms with E-state index in [-0.39, 0.29) is 17.9 Å². The Morgan fingerprint density at radius 3 is 2.67 bits per heavy atom. The second-order valence-corrected chi connectivity index (χ2v) is 6.56. The lowest BCUT2D eigenvalue weighted by Crippen LogP contribution is -2.22. The first-order valence-electron chi connectivity index (χ1n) is 6.94. The molecule has 0 aliphatic heterocycles. The van der Waals surface area contributed by atoms with Crippen LogP contribution in [0, 0.1) is 5.92 Å². The topological polar surface area (TPSA) is 64.3 Å². The van der Waals surface area contributed by atoms with Crippen LogP contribution in [0.2, 0.25) is 5.02 Å². The molecular weight excluding hydrogens is 356 g/mol. The fourth-order valence-electron chi connectivity index (χ4n) is 1.99. The SMILES string of the molecule is COc1c(Br)cc(Cl)cc1NC(=O)C(C)CCCC(C)N. The van der Waals surface area contributed by atoms with Crippen LogP contribution in [0.3, 0.4) is 0 Å². The fraction of sp³-hybridized carbons (Fsp3) is 0.533. The minimum atomic E-state index is -0.0915. The number of halogens is 2. The second-order valence-electron chi connectivity index (χ2n) is 5.27. The molecule has 1 amide bonds. The molecule has 4 nitrogen and oxygen atoms in total. The van der Waals surface area contributed by atoms with Crippen molar-refractivity contribution in [3.63, 3.8) is 0 Å². The van der Waals surface area contributed by atoms with E-state index in [4.69, 9.17) is 22.1 Å². The third kappa shape index (κ3) is 5.85. The molecule has 0 fully saturated rings. The number of ether oxygens (including phenoxy) is 1. The van der Waals surface area contributed by atoms with Gasteiger partial charge in [-0.15, -0.1) is 0 Å². The minimum absolute atomic E-state index is 0.0489. The first kappa shape index (κ1) is 18.3. The fourth-order valence-corrected chi connectivity index (χ4v) is 2.97. The molecule has 1 aromatic carbocycles. The zero-order valence-corrected chi connectivity index (χ0v) is 14.9. The highest BCUT2D eigenvalue weighted by Crippen LogP contribution is 2.36. The average molecular weight is 378 g/mol. The molecule has 0 aromatic heterocycles. The quantitative estimate of drug-likeness (QED) is 0.748. The maximum absolute atomic E-state index is 12.2. The molecule has 0 aliphatic rings. The van der Waals surface area contributed by atoms with E-state index in [0.717, 1.165) is 19.3 Å². The van der Waals surface area contributed by atoms with E-state index >= 15 is 0 Å². The molecule has 0 aliphatic carbocycles. The van der Waals surface area contributed by atoms with Crippen LogP contribution < -0.4 is 15.8 Å². The molecule has 3 N–H and O–H groups in total. The van der Waals surface area contributed by atoms with Gasteiger partial charge in [0, 0.05) is 17.0 Å². The van der Waals surface area contributed by atoms with Crippen molar-refractivity contribution in [2.45, 2.75) is 39.2 Å². The first-order valence-corrected chi connectivity index (χ1v) is 8.11. The van der Waals surface area contributed by atoms with E-state index in [1.165, 1.54) is 0 Å². The van der Waals surface area contributed by atoms with Crippen LogP contribution in [0.4, 0.5) is 5.69 Å². The first-order chi connectivity index (χ1) is 9.85. The molecule has 1 aromatic rings. The van der Waals surface area contributed by atoms with Crippen LogP contribution in [-0.2, 0) is 4.79 Å². The highest BCUT2D eigenvalue weighted by Gasteiger charge is 2.17. The molecule has 2 atom stereocenters. The summed E-state index contributed by atoms with van der Waals surface area (Å²) in [5.74, 6) is 0.425. The number of hydrogen-bond donors (Lipinski definition) is 2. The smallest absolute Gasteiger partial charge is 0.227 e. The van der Waals surface area contributed by atoms with E-state index in [1.54, 1.807) is 19.2 Å². The number of hydrogen-bond acceptors (Lipinski definition) is 3. The summed E-state index contributed by atoms with van der Waals surface area (Å²) >= 11 is 9.38. The van der Waals surface area contributed by atoms with Crippen LogP contribution in [-0.4, -0.2) is 19.1 Å². The number of rotatable bonds is 7. The number of anilines is 1. The van der Waals surface area contributed by atoms with Crippen LogP contribution in [0.15, 0.2) is 16.6 Å². The Morgan fingerprint density at radius 2 is 2.10 bits per heavy atom. The number of benzene rings is 1. The van der Waals surface area contributed by atoms with Crippen molar-refractivity contribution < 1.29 is 9.53 Å². The largest absolute Gasteiger partial charge is 0.493 e. The van der Waals surface area contributed by atoms with Crippen molar-refractivity contribution in [1.82, 2.24) is 0 Å². The third-order valence-corrected chi connectivity index (χ3v) is 4.02. The van der Waals surface area contributed by atoms with Gasteiger partial charge < -0.3 is 15.8 Å². The number of nitrogens with one attached hydrogen (secondary N) is 1. The molecule has 0 spiro atoms. The van der Waals surface area contributed by atoms with Gasteiger partial charge >= 0.3 is 0 Å². The molecular formula is C15H22BrClN2O2. The lowest BCUT2D eigenvalue weighted by Gasteiger charge is -2.16. The minimum Gasteiger partial charge on any atom is -0.493 e. The Kier molecular flexibility index (Phi) is 7.49. The van der Waals surface area contributed by atoms with Crippen LogP contribution in [0.25, 0.3) is 0 Å². The zero-order chi connectivity index (χ0) is 16.0. The molecule has 118 valence electrons. The van der Waals surface area contributed by atoms with Crippen molar-refractivity contribution in [2.75, 3.05) is 12.4 Å². The standard InChI is InChI=1S/C15H22BrClN2O2/c1-9(5-4-6-10(2)18)15(20)19-13-8-11(17)7-12(16)14(13)21-3/h7-10H,4-6,18H2,1-3H3,(H,19,20). The Labute approximate surface area is 139 Å². The summed E-state index contributed by atoms with van der Waals surface area (Å²) in [4.78, 5) is 12.2. The summed E-state index contributed by atoms with van der Waals surface area (Å²) in [6, 6.07) is 3.57. The van der Waals surface area contributed by atoms with Gasteiger partial charge in [0.25, 0.3) is 0 Å². The van der Waals surface area contributed by atoms with Crippen molar-refractivity contribution in [2.24, 2.45) is 11.7 Å². The van der Waals surface area contributed by atoms with E-state index in [1.807, 2.05) is 13.8 Å². The van der Waals surface area contributed by atoms with Gasteiger partial charge in [-0.3, -0.25) is 4.79 Å². The monoisotopic (exact) mass is 376 g/mol. The number of carbonyl (C=O) groups excluding carboxylic acids is 1. The van der Waals surface area contributed by atoms with Crippen LogP contribution in [0.1, 0.15) is 33.1 Å². The Hall–Kier alpha value is -0.780. The molecule has 0 saturated heterocycles. The Balaban J connectivity index is 2.70. The molecule has 2 unspecified atom stereocenters. The molecule has 0 heterocycles. The summed E-state index contributed by atoms with van der Waals surface area (Å²) in [5.41, 5.74) is 6.28. The van der Waals surface area contributed by atoms with Gasteiger partial charge in [0.1, 0.15) is 0 Å². The summed E-state index contributed by atoms with van der Waals surface area (Å²) in [5, 5.41) is 3.40. The average Bonchev–Trinajstić information content (AvgIpc) is 2.37. The summed E-state index contributed by atoms with van der Waals surface area (Å²) in [6.07, 6.45) is 2.66. The van der Waals surface area contributed by atoms with Gasteiger partial charge in [-0.25, -0.2) is 0 Å². The van der Waals surface area contributed by atoms with E-state index in [9.17, 15) is 4.79 Å². The Morgan fingerprint density at radius 1 is 1.43 bits per heavy atom. The number of carbonyl (C=O) groups is 1. The van der Waals surface area contributed by atoms with Crippen molar-refractivity contribution in [3.05, 3.63) is 21.6 Å². The number of nitrogens with two attached hydrogens (primary N) is 1. The van der Waals surface area contributed by atoms with Crippen molar-refractivity contribution >= 4 is 39.1 Å². The molecule has 6 heteroatoms. The maximum atomic E-state index is 12.2. The van der Waals surface area contributed by atoms with Gasteiger partial charge in [-0.1, -0.05) is 24.9 Å². The summed E-state index contributed by atoms with van der Waals surface area (Å²) in [7, 11) is 1.55. The van der Waals surface area contributed by atoms with Gasteiger partial charge in [0.15, 0.2) is 5.75 Å². The predicted molar refractivity (Wildman–Crippen MR) is 91.0 cm³/mol. The molecule has 0 bridgehead atoms. The maximum Gasteiger partial charge on any atom is 0.227 e. The molecule has 1 rings (SSSR count). The van der Waals surface area contributed by atoms with Crippen molar-refractivity contribution in [1.29, 1.82) is 0 Å². The number of methoxy groups -OCH3 is 1. The van der Waals surface area contributed by atoms with Crippen LogP contribution in [0.5, 0.6) is 5.75 Å². The zero-order valence-electron chi connectivity index (χ0n) is 12.6. The lowest BCUT2D eigenvalue weighted by atomic mass is 10.0. The predicted octanol–water partition coefficient (Wildman–Crippen LogP) is 4.20. The normalized spacial score (nSPS) is 13.6. The summed E-state index contributed by atoms with van der Waals surface area (Å²) < 4.78 is 5.99. The summed E-state index contributed by atoms with van der Waals surface area (Å²) in [6.45, 7) is 3.88. The molecule has 0 saturated carbocycles. The molecule has 0 radical (unpaired) electrons. The number of amides is 1. The second kappa shape index (κ2) is 8.61. The molecule has 21 heavy (non-hydrogen) atoms.